The zero-order chi connectivity index (χ0) is 17.6. The number of benzene rings is 1. The summed E-state index contributed by atoms with van der Waals surface area (Å²) in [6.07, 6.45) is 2.39. The van der Waals surface area contributed by atoms with Gasteiger partial charge in [-0.2, -0.15) is 0 Å². The maximum absolute atomic E-state index is 13.6. The quantitative estimate of drug-likeness (QED) is 0.618. The van der Waals surface area contributed by atoms with Gasteiger partial charge in [0.25, 0.3) is 0 Å². The van der Waals surface area contributed by atoms with Gasteiger partial charge in [0.05, 0.1) is 23.6 Å². The summed E-state index contributed by atoms with van der Waals surface area (Å²) in [6.45, 7) is 2.67. The van der Waals surface area contributed by atoms with Crippen molar-refractivity contribution in [1.29, 1.82) is 0 Å². The maximum atomic E-state index is 13.6. The van der Waals surface area contributed by atoms with E-state index in [2.05, 4.69) is 20.3 Å². The Morgan fingerprint density at radius 1 is 1.24 bits per heavy atom. The molecule has 2 aromatic heterocycles. The number of nitrogens with zero attached hydrogens (tertiary/aromatic N) is 2. The first-order valence-corrected chi connectivity index (χ1v) is 8.28. The van der Waals surface area contributed by atoms with Crippen molar-refractivity contribution in [2.75, 3.05) is 6.61 Å². The van der Waals surface area contributed by atoms with Gasteiger partial charge in [-0.15, -0.1) is 0 Å². The van der Waals surface area contributed by atoms with Crippen LogP contribution in [0, 0.1) is 5.82 Å². The molecule has 5 nitrogen and oxygen atoms in total. The average Bonchev–Trinajstić information content (AvgIpc) is 3.05. The van der Waals surface area contributed by atoms with Gasteiger partial charge in [0.15, 0.2) is 0 Å². The molecule has 0 spiro atoms. The normalized spacial score (nSPS) is 12.3. The number of pyridine rings is 1. The zero-order valence-corrected chi connectivity index (χ0v) is 14.0. The summed E-state index contributed by atoms with van der Waals surface area (Å²) in [4.78, 5) is 12.3. The van der Waals surface area contributed by atoms with Crippen LogP contribution in [0.1, 0.15) is 19.2 Å². The molecule has 1 aromatic carbocycles. The standard InChI is InChI=1S/C19H21FN4O/c1-13(8-10-25)22-12-17-23-18(14-5-4-6-15(20)11-14)19(24-17)16-7-2-3-9-21-16/h2-7,9,11,13,22,25H,8,10,12H2,1H3,(H,23,24)/t13-/m0/s1. The van der Waals surface area contributed by atoms with Gasteiger partial charge in [-0.1, -0.05) is 18.2 Å². The molecule has 0 aliphatic heterocycles. The predicted octanol–water partition coefficient (Wildman–Crippen LogP) is 3.14. The van der Waals surface area contributed by atoms with Crippen molar-refractivity contribution in [3.63, 3.8) is 0 Å². The molecule has 0 fully saturated rings. The molecule has 2 heterocycles. The first-order chi connectivity index (χ1) is 12.2. The molecule has 130 valence electrons. The molecule has 0 amide bonds. The molecule has 1 atom stereocenters. The van der Waals surface area contributed by atoms with E-state index in [1.807, 2.05) is 31.2 Å². The van der Waals surface area contributed by atoms with Crippen molar-refractivity contribution < 1.29 is 9.50 Å². The Morgan fingerprint density at radius 3 is 2.84 bits per heavy atom. The van der Waals surface area contributed by atoms with Gasteiger partial charge < -0.3 is 15.4 Å². The van der Waals surface area contributed by atoms with Gasteiger partial charge in [-0.25, -0.2) is 9.37 Å². The van der Waals surface area contributed by atoms with Gasteiger partial charge in [-0.05, 0) is 37.6 Å². The third-order valence-corrected chi connectivity index (χ3v) is 3.95. The smallest absolute Gasteiger partial charge is 0.123 e. The number of aromatic nitrogens is 3. The van der Waals surface area contributed by atoms with Crippen molar-refractivity contribution in [2.45, 2.75) is 25.9 Å². The van der Waals surface area contributed by atoms with Crippen molar-refractivity contribution in [2.24, 2.45) is 0 Å². The van der Waals surface area contributed by atoms with E-state index < -0.39 is 0 Å². The van der Waals surface area contributed by atoms with Crippen LogP contribution in [0.4, 0.5) is 4.39 Å². The minimum atomic E-state index is -0.302. The van der Waals surface area contributed by atoms with Crippen LogP contribution in [-0.2, 0) is 6.54 Å². The van der Waals surface area contributed by atoms with Crippen LogP contribution in [0.5, 0.6) is 0 Å². The Morgan fingerprint density at radius 2 is 2.12 bits per heavy atom. The van der Waals surface area contributed by atoms with Crippen molar-refractivity contribution in [3.05, 3.63) is 60.3 Å². The lowest BCUT2D eigenvalue weighted by Crippen LogP contribution is -2.26. The van der Waals surface area contributed by atoms with Gasteiger partial charge in [-0.3, -0.25) is 4.98 Å². The van der Waals surface area contributed by atoms with Crippen LogP contribution >= 0.6 is 0 Å². The fraction of sp³-hybridized carbons (Fsp3) is 0.263. The Balaban J connectivity index is 1.94. The van der Waals surface area contributed by atoms with Crippen LogP contribution in [0.2, 0.25) is 0 Å². The number of aromatic amines is 1. The van der Waals surface area contributed by atoms with E-state index in [4.69, 9.17) is 5.11 Å². The SMILES string of the molecule is C[C@@H](CCO)NCc1nc(-c2cccc(F)c2)c(-c2ccccn2)[nH]1. The molecular formula is C19H21FN4O. The topological polar surface area (TPSA) is 73.8 Å². The van der Waals surface area contributed by atoms with Gasteiger partial charge >= 0.3 is 0 Å². The fourth-order valence-electron chi connectivity index (χ4n) is 2.61. The Kier molecular flexibility index (Phi) is 5.53. The third-order valence-electron chi connectivity index (χ3n) is 3.95. The molecule has 25 heavy (non-hydrogen) atoms. The van der Waals surface area contributed by atoms with Crippen LogP contribution in [-0.4, -0.2) is 32.7 Å². The zero-order valence-electron chi connectivity index (χ0n) is 14.0. The van der Waals surface area contributed by atoms with Crippen LogP contribution in [0.3, 0.4) is 0 Å². The fourth-order valence-corrected chi connectivity index (χ4v) is 2.61. The lowest BCUT2D eigenvalue weighted by molar-refractivity contribution is 0.268. The van der Waals surface area contributed by atoms with E-state index in [1.165, 1.54) is 12.1 Å². The van der Waals surface area contributed by atoms with Crippen LogP contribution < -0.4 is 5.32 Å². The highest BCUT2D eigenvalue weighted by Gasteiger charge is 2.15. The second-order valence-corrected chi connectivity index (χ2v) is 5.93. The lowest BCUT2D eigenvalue weighted by atomic mass is 10.1. The van der Waals surface area contributed by atoms with E-state index in [1.54, 1.807) is 12.3 Å². The molecule has 0 saturated heterocycles. The highest BCUT2D eigenvalue weighted by Crippen LogP contribution is 2.29. The Labute approximate surface area is 146 Å². The number of halogens is 1. The number of H-pyrrole nitrogens is 1. The minimum absolute atomic E-state index is 0.139. The monoisotopic (exact) mass is 340 g/mol. The first-order valence-electron chi connectivity index (χ1n) is 8.28. The average molecular weight is 340 g/mol. The second kappa shape index (κ2) is 8.00. The second-order valence-electron chi connectivity index (χ2n) is 5.93. The molecule has 0 aliphatic carbocycles. The molecule has 0 radical (unpaired) electrons. The van der Waals surface area contributed by atoms with Crippen molar-refractivity contribution in [3.8, 4) is 22.6 Å². The number of aliphatic hydroxyl groups is 1. The summed E-state index contributed by atoms with van der Waals surface area (Å²) in [5.41, 5.74) is 2.89. The highest BCUT2D eigenvalue weighted by molar-refractivity contribution is 5.76. The molecule has 3 aromatic rings. The minimum Gasteiger partial charge on any atom is -0.396 e. The molecule has 0 saturated carbocycles. The summed E-state index contributed by atoms with van der Waals surface area (Å²) in [7, 11) is 0. The van der Waals surface area contributed by atoms with Crippen molar-refractivity contribution >= 4 is 0 Å². The first kappa shape index (κ1) is 17.3. The molecule has 3 rings (SSSR count). The van der Waals surface area contributed by atoms with E-state index in [-0.39, 0.29) is 18.5 Å². The molecule has 6 heteroatoms. The molecule has 0 unspecified atom stereocenters. The van der Waals surface area contributed by atoms with E-state index in [9.17, 15) is 4.39 Å². The van der Waals surface area contributed by atoms with Gasteiger partial charge in [0.1, 0.15) is 11.6 Å². The Hall–Kier alpha value is -2.57. The number of rotatable bonds is 7. The summed E-state index contributed by atoms with van der Waals surface area (Å²) in [6, 6.07) is 12.2. The van der Waals surface area contributed by atoms with Crippen molar-refractivity contribution in [1.82, 2.24) is 20.3 Å². The largest absolute Gasteiger partial charge is 0.396 e. The maximum Gasteiger partial charge on any atom is 0.123 e. The lowest BCUT2D eigenvalue weighted by Gasteiger charge is -2.10. The van der Waals surface area contributed by atoms with Crippen LogP contribution in [0.25, 0.3) is 22.6 Å². The molecule has 0 aliphatic rings. The Bertz CT molecular complexity index is 819. The number of aliphatic hydroxyl groups excluding tert-OH is 1. The van der Waals surface area contributed by atoms with E-state index in [0.29, 0.717) is 24.2 Å². The summed E-state index contributed by atoms with van der Waals surface area (Å²) in [5, 5.41) is 12.3. The molecule has 3 N–H and O–H groups in total. The van der Waals surface area contributed by atoms with E-state index in [0.717, 1.165) is 17.2 Å². The summed E-state index contributed by atoms with van der Waals surface area (Å²) >= 11 is 0. The third kappa shape index (κ3) is 4.29. The van der Waals surface area contributed by atoms with Gasteiger partial charge in [0, 0.05) is 24.4 Å². The number of hydrogen-bond acceptors (Lipinski definition) is 4. The summed E-state index contributed by atoms with van der Waals surface area (Å²) < 4.78 is 13.6. The predicted molar refractivity (Wildman–Crippen MR) is 95.2 cm³/mol. The number of hydrogen-bond donors (Lipinski definition) is 3. The van der Waals surface area contributed by atoms with Gasteiger partial charge in [0.2, 0.25) is 0 Å². The number of imidazole rings is 1. The van der Waals surface area contributed by atoms with E-state index >= 15 is 0 Å². The molecular weight excluding hydrogens is 319 g/mol. The highest BCUT2D eigenvalue weighted by atomic mass is 19.1. The summed E-state index contributed by atoms with van der Waals surface area (Å²) in [5.74, 6) is 0.438. The number of nitrogens with one attached hydrogen (secondary N) is 2. The molecule has 0 bridgehead atoms. The van der Waals surface area contributed by atoms with Crippen LogP contribution in [0.15, 0.2) is 48.7 Å².